The van der Waals surface area contributed by atoms with Crippen LogP contribution in [-0.4, -0.2) is 42.5 Å². The molecule has 0 radical (unpaired) electrons. The van der Waals surface area contributed by atoms with Gasteiger partial charge in [0.1, 0.15) is 0 Å². The molecule has 1 aliphatic carbocycles. The molecule has 1 aromatic rings. The first-order chi connectivity index (χ1) is 11.1. The van der Waals surface area contributed by atoms with E-state index in [0.29, 0.717) is 0 Å². The summed E-state index contributed by atoms with van der Waals surface area (Å²) < 4.78 is 0. The molecule has 1 aliphatic rings. The van der Waals surface area contributed by atoms with Crippen molar-refractivity contribution in [1.82, 2.24) is 15.2 Å². The molecular weight excluding hydrogens is 431 g/mol. The normalized spacial score (nSPS) is 21.2. The summed E-state index contributed by atoms with van der Waals surface area (Å²) >= 11 is 1.72. The number of hydrogen-bond donors (Lipinski definition) is 1. The van der Waals surface area contributed by atoms with Gasteiger partial charge in [-0.2, -0.15) is 0 Å². The van der Waals surface area contributed by atoms with Gasteiger partial charge in [-0.1, -0.05) is 19.8 Å². The van der Waals surface area contributed by atoms with Crippen molar-refractivity contribution in [3.05, 3.63) is 16.1 Å². The Morgan fingerprint density at radius 2 is 2.08 bits per heavy atom. The average Bonchev–Trinajstić information content (AvgIpc) is 2.94. The molecular formula is C18H33IN4S. The van der Waals surface area contributed by atoms with Gasteiger partial charge in [-0.3, -0.25) is 4.99 Å². The van der Waals surface area contributed by atoms with Gasteiger partial charge in [0.25, 0.3) is 0 Å². The number of aromatic nitrogens is 1. The lowest BCUT2D eigenvalue weighted by atomic mass is 9.83. The highest BCUT2D eigenvalue weighted by atomic mass is 127. The van der Waals surface area contributed by atoms with Crippen LogP contribution in [0.3, 0.4) is 0 Å². The molecule has 0 aromatic carbocycles. The van der Waals surface area contributed by atoms with Crippen LogP contribution in [0.1, 0.15) is 50.2 Å². The molecule has 0 aliphatic heterocycles. The van der Waals surface area contributed by atoms with Crippen molar-refractivity contribution >= 4 is 41.3 Å². The van der Waals surface area contributed by atoms with Crippen molar-refractivity contribution in [2.75, 3.05) is 26.7 Å². The molecule has 6 heteroatoms. The number of nitrogens with one attached hydrogen (secondary N) is 1. The predicted octanol–water partition coefficient (Wildman–Crippen LogP) is 4.34. The summed E-state index contributed by atoms with van der Waals surface area (Å²) in [5.41, 5.74) is 1.16. The quantitative estimate of drug-likeness (QED) is 0.387. The van der Waals surface area contributed by atoms with E-state index in [0.717, 1.165) is 54.6 Å². The molecule has 1 N–H and O–H groups in total. The average molecular weight is 464 g/mol. The fourth-order valence-electron chi connectivity index (χ4n) is 3.25. The SMILES string of the molecule is CCNC(=NCCc1csc(C)n1)N(C)CC1CCC(C)CC1.I. The van der Waals surface area contributed by atoms with E-state index in [9.17, 15) is 0 Å². The number of guanidine groups is 1. The molecule has 0 unspecified atom stereocenters. The van der Waals surface area contributed by atoms with Crippen LogP contribution in [0.5, 0.6) is 0 Å². The summed E-state index contributed by atoms with van der Waals surface area (Å²) in [6.07, 6.45) is 6.42. The van der Waals surface area contributed by atoms with Crippen molar-refractivity contribution in [3.63, 3.8) is 0 Å². The first-order valence-electron chi connectivity index (χ1n) is 8.99. The van der Waals surface area contributed by atoms with Crippen LogP contribution in [0.4, 0.5) is 0 Å². The predicted molar refractivity (Wildman–Crippen MR) is 116 cm³/mol. The Balaban J connectivity index is 0.00000288. The summed E-state index contributed by atoms with van der Waals surface area (Å²) in [4.78, 5) is 11.6. The lowest BCUT2D eigenvalue weighted by Crippen LogP contribution is -2.42. The molecule has 0 spiro atoms. The van der Waals surface area contributed by atoms with E-state index in [1.165, 1.54) is 25.7 Å². The van der Waals surface area contributed by atoms with Crippen molar-refractivity contribution in [2.24, 2.45) is 16.8 Å². The van der Waals surface area contributed by atoms with Gasteiger partial charge < -0.3 is 10.2 Å². The summed E-state index contributed by atoms with van der Waals surface area (Å²) in [5, 5.41) is 6.71. The first-order valence-corrected chi connectivity index (χ1v) is 9.87. The second-order valence-corrected chi connectivity index (χ2v) is 7.91. The second-order valence-electron chi connectivity index (χ2n) is 6.85. The molecule has 1 aromatic heterocycles. The molecule has 0 atom stereocenters. The summed E-state index contributed by atoms with van der Waals surface area (Å²) in [6.45, 7) is 9.41. The van der Waals surface area contributed by atoms with E-state index in [-0.39, 0.29) is 24.0 Å². The number of rotatable bonds is 6. The molecule has 24 heavy (non-hydrogen) atoms. The van der Waals surface area contributed by atoms with Gasteiger partial charge in [0.05, 0.1) is 10.7 Å². The fourth-order valence-corrected chi connectivity index (χ4v) is 3.90. The van der Waals surface area contributed by atoms with Crippen molar-refractivity contribution in [1.29, 1.82) is 0 Å². The third-order valence-electron chi connectivity index (χ3n) is 4.66. The van der Waals surface area contributed by atoms with E-state index >= 15 is 0 Å². The molecule has 1 heterocycles. The number of thiazole rings is 1. The smallest absolute Gasteiger partial charge is 0.193 e. The highest BCUT2D eigenvalue weighted by Crippen LogP contribution is 2.28. The Kier molecular flexibility index (Phi) is 10.2. The zero-order valence-corrected chi connectivity index (χ0v) is 18.7. The summed E-state index contributed by atoms with van der Waals surface area (Å²) in [6, 6.07) is 0. The number of aliphatic imine (C=N–C) groups is 1. The van der Waals surface area contributed by atoms with E-state index in [2.05, 4.69) is 48.4 Å². The Hall–Kier alpha value is -0.370. The van der Waals surface area contributed by atoms with Crippen molar-refractivity contribution < 1.29 is 0 Å². The molecule has 0 amide bonds. The summed E-state index contributed by atoms with van der Waals surface area (Å²) in [7, 11) is 2.17. The Morgan fingerprint density at radius 1 is 1.38 bits per heavy atom. The van der Waals surface area contributed by atoms with E-state index in [4.69, 9.17) is 4.99 Å². The number of nitrogens with zero attached hydrogens (tertiary/aromatic N) is 3. The minimum atomic E-state index is 0. The molecule has 0 saturated heterocycles. The third kappa shape index (κ3) is 7.25. The van der Waals surface area contributed by atoms with Gasteiger partial charge in [-0.25, -0.2) is 4.98 Å². The highest BCUT2D eigenvalue weighted by Gasteiger charge is 2.20. The maximum absolute atomic E-state index is 4.79. The Labute approximate surface area is 168 Å². The fraction of sp³-hybridized carbons (Fsp3) is 0.778. The van der Waals surface area contributed by atoms with Gasteiger partial charge in [0, 0.05) is 38.5 Å². The minimum absolute atomic E-state index is 0. The maximum atomic E-state index is 4.79. The number of aryl methyl sites for hydroxylation is 1. The van der Waals surface area contributed by atoms with E-state index < -0.39 is 0 Å². The topological polar surface area (TPSA) is 40.5 Å². The second kappa shape index (κ2) is 11.3. The third-order valence-corrected chi connectivity index (χ3v) is 5.48. The molecule has 138 valence electrons. The van der Waals surface area contributed by atoms with Crippen LogP contribution in [0, 0.1) is 18.8 Å². The first kappa shape index (κ1) is 21.7. The van der Waals surface area contributed by atoms with Gasteiger partial charge in [-0.05, 0) is 38.5 Å². The molecule has 1 fully saturated rings. The molecule has 2 rings (SSSR count). The Bertz CT molecular complexity index is 495. The van der Waals surface area contributed by atoms with Gasteiger partial charge >= 0.3 is 0 Å². The van der Waals surface area contributed by atoms with Crippen molar-refractivity contribution in [2.45, 2.75) is 52.9 Å². The van der Waals surface area contributed by atoms with Crippen LogP contribution < -0.4 is 5.32 Å². The molecule has 0 bridgehead atoms. The van der Waals surface area contributed by atoms with Crippen LogP contribution in [-0.2, 0) is 6.42 Å². The highest BCUT2D eigenvalue weighted by molar-refractivity contribution is 14.0. The van der Waals surface area contributed by atoms with Crippen molar-refractivity contribution in [3.8, 4) is 0 Å². The largest absolute Gasteiger partial charge is 0.357 e. The minimum Gasteiger partial charge on any atom is -0.357 e. The summed E-state index contributed by atoms with van der Waals surface area (Å²) in [5.74, 6) is 2.78. The lowest BCUT2D eigenvalue weighted by molar-refractivity contribution is 0.250. The van der Waals surface area contributed by atoms with E-state index in [1.54, 1.807) is 11.3 Å². The number of halogens is 1. The van der Waals surface area contributed by atoms with Gasteiger partial charge in [0.15, 0.2) is 5.96 Å². The van der Waals surface area contributed by atoms with Crippen LogP contribution in [0.2, 0.25) is 0 Å². The monoisotopic (exact) mass is 464 g/mol. The van der Waals surface area contributed by atoms with Gasteiger partial charge in [-0.15, -0.1) is 35.3 Å². The van der Waals surface area contributed by atoms with Crippen LogP contribution in [0.15, 0.2) is 10.4 Å². The molecule has 4 nitrogen and oxygen atoms in total. The van der Waals surface area contributed by atoms with Gasteiger partial charge in [0.2, 0.25) is 0 Å². The van der Waals surface area contributed by atoms with Crippen LogP contribution in [0.25, 0.3) is 0 Å². The maximum Gasteiger partial charge on any atom is 0.193 e. The van der Waals surface area contributed by atoms with Crippen LogP contribution >= 0.6 is 35.3 Å². The zero-order valence-electron chi connectivity index (χ0n) is 15.5. The molecule has 1 saturated carbocycles. The number of hydrogen-bond acceptors (Lipinski definition) is 3. The Morgan fingerprint density at radius 3 is 2.67 bits per heavy atom. The standard InChI is InChI=1S/C18H32N4S.HI/c1-5-19-18(20-11-10-17-13-23-15(3)21-17)22(4)12-16-8-6-14(2)7-9-16;/h13-14,16H,5-12H2,1-4H3,(H,19,20);1H. The zero-order chi connectivity index (χ0) is 16.7. The lowest BCUT2D eigenvalue weighted by Gasteiger charge is -2.31. The van der Waals surface area contributed by atoms with E-state index in [1.807, 2.05) is 0 Å².